The van der Waals surface area contributed by atoms with Crippen molar-refractivity contribution in [3.05, 3.63) is 52.5 Å². The lowest BCUT2D eigenvalue weighted by Crippen LogP contribution is -2.03. The molecule has 0 saturated heterocycles. The molecule has 0 atom stereocenters. The zero-order valence-corrected chi connectivity index (χ0v) is 15.2. The fourth-order valence-electron chi connectivity index (χ4n) is 1.94. The van der Waals surface area contributed by atoms with Gasteiger partial charge >= 0.3 is 0 Å². The number of benzene rings is 2. The molecule has 2 rings (SSSR count). The van der Waals surface area contributed by atoms with E-state index in [0.717, 1.165) is 5.56 Å². The third kappa shape index (κ3) is 4.32. The predicted molar refractivity (Wildman–Crippen MR) is 89.3 cm³/mol. The molecule has 2 aromatic rings. The van der Waals surface area contributed by atoms with E-state index in [2.05, 4.69) is 15.9 Å². The molecule has 124 valence electrons. The van der Waals surface area contributed by atoms with E-state index in [1.165, 1.54) is 19.2 Å². The summed E-state index contributed by atoms with van der Waals surface area (Å²) in [5.74, 6) is 0.607. The molecule has 0 bridgehead atoms. The fraction of sp³-hybridized carbons (Fsp3) is 0.250. The van der Waals surface area contributed by atoms with Crippen molar-refractivity contribution >= 4 is 25.8 Å². The SMILES string of the molecule is COCOCc1ccc(S(=O)(=O)c2ccc(OC)cc2)cc1Br. The summed E-state index contributed by atoms with van der Waals surface area (Å²) >= 11 is 3.38. The van der Waals surface area contributed by atoms with Gasteiger partial charge in [-0.05, 0) is 42.0 Å². The first-order valence-electron chi connectivity index (χ1n) is 6.73. The van der Waals surface area contributed by atoms with Crippen LogP contribution in [0.5, 0.6) is 5.75 Å². The molecule has 0 aliphatic carbocycles. The molecule has 0 amide bonds. The maximum absolute atomic E-state index is 12.6. The van der Waals surface area contributed by atoms with Gasteiger partial charge in [-0.15, -0.1) is 0 Å². The molecular weight excluding hydrogens is 384 g/mol. The highest BCUT2D eigenvalue weighted by Crippen LogP contribution is 2.27. The highest BCUT2D eigenvalue weighted by Gasteiger charge is 2.18. The van der Waals surface area contributed by atoms with Crippen LogP contribution in [0.25, 0.3) is 0 Å². The van der Waals surface area contributed by atoms with Gasteiger partial charge in [0, 0.05) is 11.6 Å². The Balaban J connectivity index is 2.27. The molecule has 0 N–H and O–H groups in total. The molecular formula is C16H17BrO5S. The summed E-state index contributed by atoms with van der Waals surface area (Å²) in [5.41, 5.74) is 0.843. The van der Waals surface area contributed by atoms with Crippen molar-refractivity contribution in [1.82, 2.24) is 0 Å². The lowest BCUT2D eigenvalue weighted by atomic mass is 10.2. The Morgan fingerprint density at radius 2 is 1.65 bits per heavy atom. The van der Waals surface area contributed by atoms with Crippen LogP contribution in [0, 0.1) is 0 Å². The van der Waals surface area contributed by atoms with Gasteiger partial charge < -0.3 is 14.2 Å². The third-order valence-electron chi connectivity index (χ3n) is 3.16. The summed E-state index contributed by atoms with van der Waals surface area (Å²) in [6.45, 7) is 0.510. The van der Waals surface area contributed by atoms with Crippen LogP contribution in [0.1, 0.15) is 5.56 Å². The van der Waals surface area contributed by atoms with Crippen molar-refractivity contribution in [2.75, 3.05) is 21.0 Å². The van der Waals surface area contributed by atoms with Crippen LogP contribution in [0.3, 0.4) is 0 Å². The topological polar surface area (TPSA) is 61.8 Å². The van der Waals surface area contributed by atoms with Crippen LogP contribution in [0.2, 0.25) is 0 Å². The van der Waals surface area contributed by atoms with Crippen LogP contribution in [-0.2, 0) is 25.9 Å². The molecule has 2 aromatic carbocycles. The summed E-state index contributed by atoms with van der Waals surface area (Å²) in [5, 5.41) is 0. The highest BCUT2D eigenvalue weighted by atomic mass is 79.9. The van der Waals surface area contributed by atoms with Gasteiger partial charge in [0.15, 0.2) is 0 Å². The molecule has 0 aromatic heterocycles. The summed E-state index contributed by atoms with van der Waals surface area (Å²) in [6.07, 6.45) is 0. The van der Waals surface area contributed by atoms with Gasteiger partial charge in [-0.1, -0.05) is 22.0 Å². The molecule has 0 fully saturated rings. The lowest BCUT2D eigenvalue weighted by molar-refractivity contribution is -0.0392. The Bertz CT molecular complexity index is 757. The number of rotatable bonds is 7. The van der Waals surface area contributed by atoms with E-state index in [9.17, 15) is 8.42 Å². The maximum atomic E-state index is 12.6. The Kier molecular flexibility index (Phi) is 6.17. The summed E-state index contributed by atoms with van der Waals surface area (Å²) in [6, 6.07) is 11.1. The largest absolute Gasteiger partial charge is 0.497 e. The van der Waals surface area contributed by atoms with Gasteiger partial charge in [-0.2, -0.15) is 0 Å². The number of halogens is 1. The second-order valence-electron chi connectivity index (χ2n) is 4.69. The van der Waals surface area contributed by atoms with Crippen LogP contribution in [0.4, 0.5) is 0 Å². The first-order valence-corrected chi connectivity index (χ1v) is 9.01. The van der Waals surface area contributed by atoms with Crippen LogP contribution < -0.4 is 4.74 Å². The monoisotopic (exact) mass is 400 g/mol. The number of ether oxygens (including phenoxy) is 3. The quantitative estimate of drug-likeness (QED) is 0.526. The Morgan fingerprint density at radius 3 is 2.22 bits per heavy atom. The summed E-state index contributed by atoms with van der Waals surface area (Å²) in [4.78, 5) is 0.429. The predicted octanol–water partition coefficient (Wildman–Crippen LogP) is 3.41. The van der Waals surface area contributed by atoms with E-state index >= 15 is 0 Å². The van der Waals surface area contributed by atoms with Crippen molar-refractivity contribution in [3.63, 3.8) is 0 Å². The van der Waals surface area contributed by atoms with Crippen molar-refractivity contribution in [1.29, 1.82) is 0 Å². The van der Waals surface area contributed by atoms with Gasteiger partial charge in [0.1, 0.15) is 12.5 Å². The molecule has 0 unspecified atom stereocenters. The van der Waals surface area contributed by atoms with E-state index in [4.69, 9.17) is 14.2 Å². The number of methoxy groups -OCH3 is 2. The third-order valence-corrected chi connectivity index (χ3v) is 5.67. The van der Waals surface area contributed by atoms with Crippen molar-refractivity contribution in [3.8, 4) is 5.75 Å². The van der Waals surface area contributed by atoms with Gasteiger partial charge in [-0.3, -0.25) is 0 Å². The zero-order chi connectivity index (χ0) is 16.9. The standard InChI is InChI=1S/C16H17BrO5S/c1-20-11-22-10-12-3-6-15(9-16(12)17)23(18,19)14-7-4-13(21-2)5-8-14/h3-9H,10-11H2,1-2H3. The molecule has 7 heteroatoms. The maximum Gasteiger partial charge on any atom is 0.206 e. The Hall–Kier alpha value is -1.41. The van der Waals surface area contributed by atoms with E-state index in [1.54, 1.807) is 37.4 Å². The summed E-state index contributed by atoms with van der Waals surface area (Å²) in [7, 11) is -0.505. The molecule has 0 aliphatic rings. The van der Waals surface area contributed by atoms with Crippen molar-refractivity contribution < 1.29 is 22.6 Å². The normalized spacial score (nSPS) is 11.4. The van der Waals surface area contributed by atoms with Gasteiger partial charge in [-0.25, -0.2) is 8.42 Å². The minimum absolute atomic E-state index is 0.179. The molecule has 0 heterocycles. The lowest BCUT2D eigenvalue weighted by Gasteiger charge is -2.09. The van der Waals surface area contributed by atoms with Crippen molar-refractivity contribution in [2.45, 2.75) is 16.4 Å². The van der Waals surface area contributed by atoms with Crippen molar-refractivity contribution in [2.24, 2.45) is 0 Å². The van der Waals surface area contributed by atoms with Crippen LogP contribution in [-0.4, -0.2) is 29.4 Å². The number of hydrogen-bond donors (Lipinski definition) is 0. The molecule has 0 aliphatic heterocycles. The molecule has 5 nitrogen and oxygen atoms in total. The minimum Gasteiger partial charge on any atom is -0.497 e. The first-order chi connectivity index (χ1) is 11.0. The summed E-state index contributed by atoms with van der Waals surface area (Å²) < 4.78 is 41.1. The molecule has 23 heavy (non-hydrogen) atoms. The average Bonchev–Trinajstić information content (AvgIpc) is 2.56. The van der Waals surface area contributed by atoms with E-state index in [1.807, 2.05) is 0 Å². The second kappa shape index (κ2) is 7.92. The minimum atomic E-state index is -3.58. The highest BCUT2D eigenvalue weighted by molar-refractivity contribution is 9.10. The Labute approximate surface area is 144 Å². The molecule has 0 spiro atoms. The average molecular weight is 401 g/mol. The van der Waals surface area contributed by atoms with E-state index < -0.39 is 9.84 Å². The zero-order valence-electron chi connectivity index (χ0n) is 12.8. The second-order valence-corrected chi connectivity index (χ2v) is 7.49. The number of sulfone groups is 1. The molecule has 0 radical (unpaired) electrons. The van der Waals surface area contributed by atoms with Crippen LogP contribution >= 0.6 is 15.9 Å². The number of hydrogen-bond acceptors (Lipinski definition) is 5. The smallest absolute Gasteiger partial charge is 0.206 e. The van der Waals surface area contributed by atoms with Crippen LogP contribution in [0.15, 0.2) is 56.7 Å². The van der Waals surface area contributed by atoms with Gasteiger partial charge in [0.05, 0.1) is 23.5 Å². The van der Waals surface area contributed by atoms with E-state index in [-0.39, 0.29) is 16.6 Å². The van der Waals surface area contributed by atoms with E-state index in [0.29, 0.717) is 16.8 Å². The fourth-order valence-corrected chi connectivity index (χ4v) is 3.87. The first kappa shape index (κ1) is 17.9. The molecule has 0 saturated carbocycles. The van der Waals surface area contributed by atoms with Gasteiger partial charge in [0.25, 0.3) is 0 Å². The Morgan fingerprint density at radius 1 is 1.00 bits per heavy atom. The van der Waals surface area contributed by atoms with Gasteiger partial charge in [0.2, 0.25) is 9.84 Å².